The van der Waals surface area contributed by atoms with Gasteiger partial charge in [-0.25, -0.2) is 4.98 Å². The molecule has 0 radical (unpaired) electrons. The van der Waals surface area contributed by atoms with Crippen LogP contribution in [0.5, 0.6) is 0 Å². The van der Waals surface area contributed by atoms with E-state index in [0.29, 0.717) is 0 Å². The number of hydrogen-bond acceptors (Lipinski definition) is 5. The van der Waals surface area contributed by atoms with Crippen LogP contribution in [0.15, 0.2) is 66.7 Å². The lowest BCUT2D eigenvalue weighted by Gasteiger charge is -2.34. The van der Waals surface area contributed by atoms with E-state index in [1.54, 1.807) is 22.7 Å². The summed E-state index contributed by atoms with van der Waals surface area (Å²) in [6.07, 6.45) is 0. The molecule has 0 spiro atoms. The van der Waals surface area contributed by atoms with Gasteiger partial charge in [-0.05, 0) is 29.8 Å². The first-order chi connectivity index (χ1) is 14.3. The predicted molar refractivity (Wildman–Crippen MR) is 121 cm³/mol. The van der Waals surface area contributed by atoms with Crippen LogP contribution in [0.1, 0.15) is 15.2 Å². The van der Waals surface area contributed by atoms with Gasteiger partial charge in [0.15, 0.2) is 0 Å². The second kappa shape index (κ2) is 8.06. The largest absolute Gasteiger partial charge is 0.335 e. The summed E-state index contributed by atoms with van der Waals surface area (Å²) in [5, 5.41) is 0.989. The fourth-order valence-corrected chi connectivity index (χ4v) is 5.65. The van der Waals surface area contributed by atoms with E-state index in [1.807, 2.05) is 41.3 Å². The molecule has 1 fully saturated rings. The van der Waals surface area contributed by atoms with E-state index in [0.717, 1.165) is 53.0 Å². The minimum absolute atomic E-state index is 0.140. The molecule has 2 aromatic carbocycles. The van der Waals surface area contributed by atoms with Gasteiger partial charge in [-0.15, -0.1) is 22.7 Å². The standard InChI is InChI=1S/C23H21N3OS2/c27-23(26-14-12-25(13-15-26)16-17-6-2-1-3-7-17)21-11-10-20(28-21)22-24-18-8-4-5-9-19(18)29-22/h1-11H,12-16H2. The average molecular weight is 420 g/mol. The molecule has 0 saturated carbocycles. The molecule has 0 unspecified atom stereocenters. The molecule has 1 saturated heterocycles. The minimum Gasteiger partial charge on any atom is -0.335 e. The Labute approximate surface area is 178 Å². The lowest BCUT2D eigenvalue weighted by atomic mass is 10.2. The molecular formula is C23H21N3OS2. The van der Waals surface area contributed by atoms with Crippen molar-refractivity contribution < 1.29 is 4.79 Å². The maximum absolute atomic E-state index is 13.0. The molecule has 0 bridgehead atoms. The molecule has 1 aliphatic heterocycles. The van der Waals surface area contributed by atoms with Crippen LogP contribution in [0.4, 0.5) is 0 Å². The second-order valence-electron chi connectivity index (χ2n) is 7.20. The summed E-state index contributed by atoms with van der Waals surface area (Å²) in [6.45, 7) is 4.33. The number of para-hydroxylation sites is 1. The SMILES string of the molecule is O=C(c1ccc(-c2nc3ccccc3s2)s1)N1CCN(Cc2ccccc2)CC1. The molecule has 4 nitrogen and oxygen atoms in total. The Morgan fingerprint density at radius 3 is 2.41 bits per heavy atom. The van der Waals surface area contributed by atoms with E-state index in [-0.39, 0.29) is 5.91 Å². The van der Waals surface area contributed by atoms with Crippen molar-refractivity contribution in [1.29, 1.82) is 0 Å². The third-order valence-corrected chi connectivity index (χ3v) is 7.51. The number of thiazole rings is 1. The second-order valence-corrected chi connectivity index (χ2v) is 9.32. The number of carbonyl (C=O) groups is 1. The smallest absolute Gasteiger partial charge is 0.264 e. The van der Waals surface area contributed by atoms with Crippen LogP contribution in [-0.4, -0.2) is 46.9 Å². The van der Waals surface area contributed by atoms with Gasteiger partial charge in [0.25, 0.3) is 5.91 Å². The van der Waals surface area contributed by atoms with E-state index >= 15 is 0 Å². The predicted octanol–water partition coefficient (Wildman–Crippen LogP) is 4.98. The number of carbonyl (C=O) groups excluding carboxylic acids is 1. The normalized spacial score (nSPS) is 15.1. The number of piperazine rings is 1. The Hall–Kier alpha value is -2.54. The van der Waals surface area contributed by atoms with E-state index in [4.69, 9.17) is 4.98 Å². The first-order valence-electron chi connectivity index (χ1n) is 9.77. The van der Waals surface area contributed by atoms with Gasteiger partial charge in [-0.2, -0.15) is 0 Å². The minimum atomic E-state index is 0.140. The lowest BCUT2D eigenvalue weighted by Crippen LogP contribution is -2.48. The number of aromatic nitrogens is 1. The van der Waals surface area contributed by atoms with Gasteiger partial charge in [-0.1, -0.05) is 42.5 Å². The molecule has 0 aliphatic carbocycles. The van der Waals surface area contributed by atoms with Crippen molar-refractivity contribution in [3.8, 4) is 9.88 Å². The van der Waals surface area contributed by atoms with Gasteiger partial charge in [0.2, 0.25) is 0 Å². The highest BCUT2D eigenvalue weighted by Crippen LogP contribution is 2.34. The summed E-state index contributed by atoms with van der Waals surface area (Å²) in [7, 11) is 0. The quantitative estimate of drug-likeness (QED) is 0.468. The van der Waals surface area contributed by atoms with Crippen molar-refractivity contribution in [3.63, 3.8) is 0 Å². The summed E-state index contributed by atoms with van der Waals surface area (Å²) in [5.41, 5.74) is 2.34. The van der Waals surface area contributed by atoms with Crippen LogP contribution in [0.25, 0.3) is 20.1 Å². The van der Waals surface area contributed by atoms with Crippen LogP contribution in [0.2, 0.25) is 0 Å². The van der Waals surface area contributed by atoms with Gasteiger partial charge < -0.3 is 4.90 Å². The zero-order valence-electron chi connectivity index (χ0n) is 16.0. The van der Waals surface area contributed by atoms with Crippen LogP contribution in [-0.2, 0) is 6.54 Å². The zero-order chi connectivity index (χ0) is 19.6. The first-order valence-corrected chi connectivity index (χ1v) is 11.4. The number of rotatable bonds is 4. The van der Waals surface area contributed by atoms with E-state index in [9.17, 15) is 4.79 Å². The molecule has 6 heteroatoms. The molecule has 146 valence electrons. The van der Waals surface area contributed by atoms with E-state index in [1.165, 1.54) is 10.3 Å². The highest BCUT2D eigenvalue weighted by atomic mass is 32.1. The highest BCUT2D eigenvalue weighted by molar-refractivity contribution is 7.26. The topological polar surface area (TPSA) is 36.4 Å². The fourth-order valence-electron chi connectivity index (χ4n) is 3.65. The molecule has 1 aliphatic rings. The van der Waals surface area contributed by atoms with Crippen molar-refractivity contribution in [1.82, 2.24) is 14.8 Å². The zero-order valence-corrected chi connectivity index (χ0v) is 17.6. The molecule has 1 amide bonds. The summed E-state index contributed by atoms with van der Waals surface area (Å²) >= 11 is 3.23. The summed E-state index contributed by atoms with van der Waals surface area (Å²) < 4.78 is 1.18. The number of hydrogen-bond donors (Lipinski definition) is 0. The summed E-state index contributed by atoms with van der Waals surface area (Å²) in [4.78, 5) is 24.0. The molecule has 4 aromatic rings. The Morgan fingerprint density at radius 1 is 0.862 bits per heavy atom. The Bertz CT molecular complexity index is 1090. The third kappa shape index (κ3) is 3.96. The average Bonchev–Trinajstić information content (AvgIpc) is 3.42. The highest BCUT2D eigenvalue weighted by Gasteiger charge is 2.23. The molecule has 2 aromatic heterocycles. The van der Waals surface area contributed by atoms with Crippen LogP contribution >= 0.6 is 22.7 Å². The maximum Gasteiger partial charge on any atom is 0.264 e. The fraction of sp³-hybridized carbons (Fsp3) is 0.217. The molecule has 3 heterocycles. The first kappa shape index (κ1) is 18.5. The molecule has 0 atom stereocenters. The molecule has 29 heavy (non-hydrogen) atoms. The lowest BCUT2D eigenvalue weighted by molar-refractivity contribution is 0.0633. The van der Waals surface area contributed by atoms with Gasteiger partial charge in [0.1, 0.15) is 5.01 Å². The van der Waals surface area contributed by atoms with E-state index < -0.39 is 0 Å². The van der Waals surface area contributed by atoms with Crippen molar-refractivity contribution >= 4 is 38.8 Å². The number of amides is 1. The molecule has 5 rings (SSSR count). The van der Waals surface area contributed by atoms with Crippen LogP contribution in [0.3, 0.4) is 0 Å². The van der Waals surface area contributed by atoms with Crippen LogP contribution < -0.4 is 0 Å². The molecule has 0 N–H and O–H groups in total. The van der Waals surface area contributed by atoms with Crippen LogP contribution in [0, 0.1) is 0 Å². The Morgan fingerprint density at radius 2 is 1.62 bits per heavy atom. The maximum atomic E-state index is 13.0. The van der Waals surface area contributed by atoms with Crippen molar-refractivity contribution in [3.05, 3.63) is 77.2 Å². The van der Waals surface area contributed by atoms with Crippen molar-refractivity contribution in [2.75, 3.05) is 26.2 Å². The number of thiophene rings is 1. The van der Waals surface area contributed by atoms with Gasteiger partial charge >= 0.3 is 0 Å². The monoisotopic (exact) mass is 419 g/mol. The number of nitrogens with zero attached hydrogens (tertiary/aromatic N) is 3. The van der Waals surface area contributed by atoms with Gasteiger partial charge in [0.05, 0.1) is 20.0 Å². The van der Waals surface area contributed by atoms with Gasteiger partial charge in [0, 0.05) is 32.7 Å². The van der Waals surface area contributed by atoms with Crippen molar-refractivity contribution in [2.24, 2.45) is 0 Å². The van der Waals surface area contributed by atoms with E-state index in [2.05, 4.69) is 35.2 Å². The number of benzene rings is 2. The van der Waals surface area contributed by atoms with Gasteiger partial charge in [-0.3, -0.25) is 9.69 Å². The van der Waals surface area contributed by atoms with Crippen molar-refractivity contribution in [2.45, 2.75) is 6.54 Å². The third-order valence-electron chi connectivity index (χ3n) is 5.23. The Kier molecular flexibility index (Phi) is 5.14. The Balaban J connectivity index is 1.24. The molecular weight excluding hydrogens is 398 g/mol. The number of fused-ring (bicyclic) bond motifs is 1. The summed E-state index contributed by atoms with van der Waals surface area (Å²) in [5.74, 6) is 0.140. The summed E-state index contributed by atoms with van der Waals surface area (Å²) in [6, 6.07) is 22.7.